The van der Waals surface area contributed by atoms with E-state index in [1.807, 2.05) is 36.4 Å². The van der Waals surface area contributed by atoms with Crippen molar-refractivity contribution in [2.45, 2.75) is 6.92 Å². The largest absolute Gasteiger partial charge is 0.423 e. The SMILES string of the molecule is CC(=O)c1ccc(N=Cc2ccc(OC(=O)/C=C/c3ccc(Br)cc3)cc2)cc1. The Morgan fingerprint density at radius 2 is 1.48 bits per heavy atom. The number of carbonyl (C=O) groups excluding carboxylic acids is 2. The van der Waals surface area contributed by atoms with Gasteiger partial charge in [-0.15, -0.1) is 0 Å². The van der Waals surface area contributed by atoms with Gasteiger partial charge in [-0.3, -0.25) is 9.79 Å². The van der Waals surface area contributed by atoms with Gasteiger partial charge in [0.2, 0.25) is 0 Å². The van der Waals surface area contributed by atoms with Gasteiger partial charge >= 0.3 is 5.97 Å². The number of rotatable bonds is 6. The van der Waals surface area contributed by atoms with Gasteiger partial charge in [0, 0.05) is 22.3 Å². The Morgan fingerprint density at radius 3 is 2.10 bits per heavy atom. The fourth-order valence-electron chi connectivity index (χ4n) is 2.44. The average molecular weight is 448 g/mol. The lowest BCUT2D eigenvalue weighted by molar-refractivity contribution is -0.128. The van der Waals surface area contributed by atoms with Crippen molar-refractivity contribution >= 4 is 45.7 Å². The van der Waals surface area contributed by atoms with Crippen molar-refractivity contribution in [2.75, 3.05) is 0 Å². The van der Waals surface area contributed by atoms with Gasteiger partial charge in [-0.1, -0.05) is 28.1 Å². The third kappa shape index (κ3) is 6.36. The lowest BCUT2D eigenvalue weighted by Crippen LogP contribution is -2.03. The number of aliphatic imine (C=N–C) groups is 1. The first kappa shape index (κ1) is 20.4. The molecule has 0 aromatic heterocycles. The van der Waals surface area contributed by atoms with Gasteiger partial charge in [0.05, 0.1) is 5.69 Å². The highest BCUT2D eigenvalue weighted by Crippen LogP contribution is 2.16. The molecule has 0 saturated heterocycles. The van der Waals surface area contributed by atoms with Crippen LogP contribution in [0.1, 0.15) is 28.4 Å². The molecular formula is C24H18BrNO3. The minimum atomic E-state index is -0.445. The number of hydrogen-bond donors (Lipinski definition) is 0. The van der Waals surface area contributed by atoms with E-state index in [9.17, 15) is 9.59 Å². The summed E-state index contributed by atoms with van der Waals surface area (Å²) in [4.78, 5) is 27.6. The molecule has 4 nitrogen and oxygen atoms in total. The van der Waals surface area contributed by atoms with Crippen LogP contribution in [-0.4, -0.2) is 18.0 Å². The number of ketones is 1. The molecule has 0 saturated carbocycles. The molecule has 0 aliphatic heterocycles. The van der Waals surface area contributed by atoms with E-state index in [2.05, 4.69) is 20.9 Å². The fraction of sp³-hybridized carbons (Fsp3) is 0.0417. The Kier molecular flexibility index (Phi) is 6.87. The van der Waals surface area contributed by atoms with Crippen molar-refractivity contribution in [1.82, 2.24) is 0 Å². The molecule has 5 heteroatoms. The predicted molar refractivity (Wildman–Crippen MR) is 119 cm³/mol. The summed E-state index contributed by atoms with van der Waals surface area (Å²) in [6, 6.07) is 21.7. The summed E-state index contributed by atoms with van der Waals surface area (Å²) in [6.45, 7) is 1.53. The van der Waals surface area contributed by atoms with Gasteiger partial charge in [-0.2, -0.15) is 0 Å². The molecular weight excluding hydrogens is 430 g/mol. The van der Waals surface area contributed by atoms with Gasteiger partial charge in [0.1, 0.15) is 5.75 Å². The Hall–Kier alpha value is -3.31. The molecule has 0 aliphatic rings. The number of nitrogens with zero attached hydrogens (tertiary/aromatic N) is 1. The first-order chi connectivity index (χ1) is 14.0. The summed E-state index contributed by atoms with van der Waals surface area (Å²) in [5.74, 6) is 0.0377. The van der Waals surface area contributed by atoms with Gasteiger partial charge < -0.3 is 4.74 Å². The highest BCUT2D eigenvalue weighted by molar-refractivity contribution is 9.10. The normalized spacial score (nSPS) is 11.1. The summed E-state index contributed by atoms with van der Waals surface area (Å²) in [7, 11) is 0. The molecule has 0 atom stereocenters. The molecule has 3 aromatic rings. The van der Waals surface area contributed by atoms with E-state index in [4.69, 9.17) is 4.74 Å². The van der Waals surface area contributed by atoms with Crippen LogP contribution in [0.15, 0.2) is 88.3 Å². The van der Waals surface area contributed by atoms with E-state index >= 15 is 0 Å². The van der Waals surface area contributed by atoms with Crippen LogP contribution >= 0.6 is 15.9 Å². The first-order valence-electron chi connectivity index (χ1n) is 8.90. The molecule has 0 N–H and O–H groups in total. The highest BCUT2D eigenvalue weighted by Gasteiger charge is 2.01. The zero-order valence-corrected chi connectivity index (χ0v) is 17.3. The Bertz CT molecular complexity index is 1050. The van der Waals surface area contributed by atoms with Crippen molar-refractivity contribution in [2.24, 2.45) is 4.99 Å². The Balaban J connectivity index is 1.57. The van der Waals surface area contributed by atoms with Crippen LogP contribution < -0.4 is 4.74 Å². The maximum atomic E-state index is 12.0. The second-order valence-corrected chi connectivity index (χ2v) is 7.15. The fourth-order valence-corrected chi connectivity index (χ4v) is 2.71. The van der Waals surface area contributed by atoms with Crippen LogP contribution in [0.25, 0.3) is 6.08 Å². The molecule has 0 heterocycles. The molecule has 144 valence electrons. The van der Waals surface area contributed by atoms with Crippen molar-refractivity contribution in [3.8, 4) is 5.75 Å². The zero-order valence-electron chi connectivity index (χ0n) is 15.7. The van der Waals surface area contributed by atoms with E-state index in [0.717, 1.165) is 21.3 Å². The van der Waals surface area contributed by atoms with E-state index in [1.165, 1.54) is 13.0 Å². The molecule has 0 fully saturated rings. The summed E-state index contributed by atoms with van der Waals surface area (Å²) in [5, 5.41) is 0. The third-order valence-corrected chi connectivity index (χ3v) is 4.55. The molecule has 3 aromatic carbocycles. The van der Waals surface area contributed by atoms with Crippen molar-refractivity contribution < 1.29 is 14.3 Å². The second-order valence-electron chi connectivity index (χ2n) is 6.24. The van der Waals surface area contributed by atoms with Crippen LogP contribution in [0.5, 0.6) is 5.75 Å². The van der Waals surface area contributed by atoms with E-state index in [0.29, 0.717) is 11.3 Å². The van der Waals surface area contributed by atoms with Crippen molar-refractivity contribution in [3.63, 3.8) is 0 Å². The first-order valence-corrected chi connectivity index (χ1v) is 9.69. The van der Waals surface area contributed by atoms with Gasteiger partial charge in [-0.25, -0.2) is 4.79 Å². The van der Waals surface area contributed by atoms with Crippen LogP contribution in [0, 0.1) is 0 Å². The van der Waals surface area contributed by atoms with Crippen molar-refractivity contribution in [1.29, 1.82) is 0 Å². The Morgan fingerprint density at radius 1 is 0.862 bits per heavy atom. The molecule has 0 amide bonds. The summed E-state index contributed by atoms with van der Waals surface area (Å²) < 4.78 is 6.28. The molecule has 0 bridgehead atoms. The third-order valence-electron chi connectivity index (χ3n) is 4.02. The van der Waals surface area contributed by atoms with Gasteiger partial charge in [0.15, 0.2) is 5.78 Å². The van der Waals surface area contributed by atoms with Crippen LogP contribution in [0.2, 0.25) is 0 Å². The number of benzene rings is 3. The molecule has 0 spiro atoms. The smallest absolute Gasteiger partial charge is 0.336 e. The molecule has 3 rings (SSSR count). The van der Waals surface area contributed by atoms with Gasteiger partial charge in [0.25, 0.3) is 0 Å². The molecule has 29 heavy (non-hydrogen) atoms. The second kappa shape index (κ2) is 9.75. The van der Waals surface area contributed by atoms with Crippen LogP contribution in [0.3, 0.4) is 0 Å². The molecule has 0 radical (unpaired) electrons. The standard InChI is InChI=1S/C24H18BrNO3/c1-17(27)20-7-11-22(12-8-20)26-16-19-4-13-23(14-5-19)29-24(28)15-6-18-2-9-21(25)10-3-18/h2-16H,1H3/b15-6+,26-16?. The van der Waals surface area contributed by atoms with Crippen molar-refractivity contribution in [3.05, 3.63) is 100 Å². The topological polar surface area (TPSA) is 55.7 Å². The predicted octanol–water partition coefficient (Wildman–Crippen LogP) is 6.02. The number of halogens is 1. The van der Waals surface area contributed by atoms with E-state index in [-0.39, 0.29) is 5.78 Å². The highest BCUT2D eigenvalue weighted by atomic mass is 79.9. The lowest BCUT2D eigenvalue weighted by atomic mass is 10.1. The number of carbonyl (C=O) groups is 2. The zero-order chi connectivity index (χ0) is 20.6. The summed E-state index contributed by atoms with van der Waals surface area (Å²) in [6.07, 6.45) is 4.80. The monoisotopic (exact) mass is 447 g/mol. The van der Waals surface area contributed by atoms with E-state index in [1.54, 1.807) is 48.7 Å². The summed E-state index contributed by atoms with van der Waals surface area (Å²) in [5.41, 5.74) is 3.19. The van der Waals surface area contributed by atoms with Crippen LogP contribution in [-0.2, 0) is 4.79 Å². The Labute approximate surface area is 177 Å². The number of hydrogen-bond acceptors (Lipinski definition) is 4. The minimum Gasteiger partial charge on any atom is -0.423 e. The van der Waals surface area contributed by atoms with E-state index < -0.39 is 5.97 Å². The number of esters is 1. The lowest BCUT2D eigenvalue weighted by Gasteiger charge is -2.02. The van der Waals surface area contributed by atoms with Crippen LogP contribution in [0.4, 0.5) is 5.69 Å². The number of ether oxygens (including phenoxy) is 1. The maximum absolute atomic E-state index is 12.0. The molecule has 0 unspecified atom stereocenters. The number of Topliss-reactive ketones (excluding diaryl/α,β-unsaturated/α-hetero) is 1. The summed E-state index contributed by atoms with van der Waals surface area (Å²) >= 11 is 3.37. The quantitative estimate of drug-likeness (QED) is 0.152. The minimum absolute atomic E-state index is 0.0253. The van der Waals surface area contributed by atoms with Gasteiger partial charge in [-0.05, 0) is 84.8 Å². The average Bonchev–Trinajstić information content (AvgIpc) is 2.73. The molecule has 0 aliphatic carbocycles. The maximum Gasteiger partial charge on any atom is 0.336 e.